The van der Waals surface area contributed by atoms with Crippen LogP contribution in [0.5, 0.6) is 5.75 Å². The van der Waals surface area contributed by atoms with Gasteiger partial charge in [-0.25, -0.2) is 4.98 Å². The topological polar surface area (TPSA) is 31.4 Å². The quantitative estimate of drug-likeness (QED) is 0.166. The molecular weight excluding hydrogens is 533 g/mol. The van der Waals surface area contributed by atoms with Crippen molar-refractivity contribution in [2.75, 3.05) is 0 Å². The van der Waals surface area contributed by atoms with Gasteiger partial charge in [-0.1, -0.05) is 133 Å². The summed E-state index contributed by atoms with van der Waals surface area (Å²) in [5, 5.41) is 9.51. The zero-order valence-electron chi connectivity index (χ0n) is 22.7. The van der Waals surface area contributed by atoms with E-state index < -0.39 is 24.2 Å². The molecule has 0 saturated carbocycles. The van der Waals surface area contributed by atoms with E-state index in [0.717, 1.165) is 22.3 Å². The molecule has 1 heterocycles. The summed E-state index contributed by atoms with van der Waals surface area (Å²) in [6.07, 6.45) is 0. The van der Waals surface area contributed by atoms with E-state index in [2.05, 4.69) is 127 Å². The van der Waals surface area contributed by atoms with Gasteiger partial charge in [0.15, 0.2) is 0 Å². The summed E-state index contributed by atoms with van der Waals surface area (Å²) < 4.78 is 13.9. The fraction of sp³-hybridized carbons (Fsp3) is 0.0278. The van der Waals surface area contributed by atoms with Crippen molar-refractivity contribution in [3.63, 3.8) is 0 Å². The predicted octanol–water partition coefficient (Wildman–Crippen LogP) is 6.45. The summed E-state index contributed by atoms with van der Waals surface area (Å²) in [4.78, 5) is 4.79. The molecule has 0 unspecified atom stereocenters. The number of aromatic nitrogens is 1. The number of fused-ring (bicyclic) bond motifs is 3. The average molecular weight is 561 g/mol. The van der Waals surface area contributed by atoms with Crippen LogP contribution in [0.2, 0.25) is 0 Å². The van der Waals surface area contributed by atoms with E-state index in [4.69, 9.17) is 12.3 Å². The van der Waals surface area contributed by atoms with Crippen LogP contribution in [0.3, 0.4) is 0 Å². The van der Waals surface area contributed by atoms with Gasteiger partial charge in [-0.15, -0.1) is 0 Å². The maximum absolute atomic E-state index is 7.36. The summed E-state index contributed by atoms with van der Waals surface area (Å²) >= 11 is -0.886. The Morgan fingerprint density at radius 3 is 1.78 bits per heavy atom. The number of nitrogens with zero attached hydrogens (tertiary/aromatic N) is 1. The van der Waals surface area contributed by atoms with Crippen molar-refractivity contribution in [1.82, 2.24) is 4.98 Å². The van der Waals surface area contributed by atoms with Crippen LogP contribution in [-0.4, -0.2) is 29.2 Å². The standard InChI is InChI=1S/C26H19OSi.C10H9NO.Al/c27-28(22-14-2-1-3-15-22,25-18-8-12-20-10-4-6-16-23(20)25)26-19-9-13-21-11-5-7-17-24(21)26;1-7-5-6-8-3-2-4-9(12)10(8)11-7;/h1-19H;2-6,12H,1H3;/q-1;;+2/p-1. The first-order valence-electron chi connectivity index (χ1n) is 13.8. The Balaban J connectivity index is 1.46. The third-order valence-electron chi connectivity index (χ3n) is 7.74. The molecule has 0 saturated heterocycles. The number of benzene rings is 6. The predicted molar refractivity (Wildman–Crippen MR) is 173 cm³/mol. The molecule has 0 amide bonds. The van der Waals surface area contributed by atoms with Gasteiger partial charge < -0.3 is 7.27 Å². The van der Waals surface area contributed by atoms with E-state index in [1.165, 1.54) is 37.1 Å². The van der Waals surface area contributed by atoms with Crippen molar-refractivity contribution >= 4 is 72.2 Å². The lowest BCUT2D eigenvalue weighted by Gasteiger charge is -2.35. The largest absolute Gasteiger partial charge is 0.763 e. The minimum atomic E-state index is -3.09. The second-order valence-electron chi connectivity index (χ2n) is 10.2. The SMILES string of the molecule is Cc1ccc2cccc([O][Al][O][Si](c3ccccc3)(c3cccc4ccccc34)c3cccc4ccccc34)c2n1. The first kappa shape index (κ1) is 25.7. The van der Waals surface area contributed by atoms with Gasteiger partial charge in [-0.05, 0) is 56.2 Å². The van der Waals surface area contributed by atoms with Gasteiger partial charge in [0.1, 0.15) is 11.3 Å². The molecule has 0 bridgehead atoms. The van der Waals surface area contributed by atoms with Gasteiger partial charge in [-0.3, -0.25) is 0 Å². The second kappa shape index (κ2) is 11.0. The van der Waals surface area contributed by atoms with Gasteiger partial charge in [0.2, 0.25) is 0 Å². The number of hydrogen-bond acceptors (Lipinski definition) is 3. The van der Waals surface area contributed by atoms with Crippen LogP contribution < -0.4 is 19.3 Å². The number of pyridine rings is 1. The first-order chi connectivity index (χ1) is 20.2. The molecule has 195 valence electrons. The zero-order chi connectivity index (χ0) is 27.6. The Bertz CT molecular complexity index is 1920. The summed E-state index contributed by atoms with van der Waals surface area (Å²) in [5.41, 5.74) is 1.83. The van der Waals surface area contributed by atoms with E-state index >= 15 is 0 Å². The van der Waals surface area contributed by atoms with Gasteiger partial charge in [0, 0.05) is 11.1 Å². The molecule has 0 aliphatic heterocycles. The van der Waals surface area contributed by atoms with Gasteiger partial charge in [0.25, 0.3) is 8.32 Å². The Labute approximate surface area is 247 Å². The maximum atomic E-state index is 7.36. The van der Waals surface area contributed by atoms with Crippen molar-refractivity contribution in [3.05, 3.63) is 151 Å². The second-order valence-corrected chi connectivity index (χ2v) is 14.6. The molecule has 0 N–H and O–H groups in total. The molecule has 7 aromatic rings. The number of para-hydroxylation sites is 1. The molecule has 0 spiro atoms. The van der Waals surface area contributed by atoms with E-state index in [1.54, 1.807) is 0 Å². The normalized spacial score (nSPS) is 11.6. The zero-order valence-corrected chi connectivity index (χ0v) is 24.9. The first-order valence-corrected chi connectivity index (χ1v) is 16.6. The van der Waals surface area contributed by atoms with Crippen LogP contribution in [0, 0.1) is 6.92 Å². The number of rotatable bonds is 7. The monoisotopic (exact) mass is 560 g/mol. The maximum Gasteiger partial charge on any atom is 0.763 e. The van der Waals surface area contributed by atoms with Gasteiger partial charge in [-0.2, -0.15) is 0 Å². The Hall–Kier alpha value is -4.24. The molecular formula is C36H27AlNO2Si. The van der Waals surface area contributed by atoms with Crippen molar-refractivity contribution in [2.24, 2.45) is 0 Å². The highest BCUT2D eigenvalue weighted by atomic mass is 28.4. The fourth-order valence-electron chi connectivity index (χ4n) is 5.85. The minimum absolute atomic E-state index is 0.757. The molecule has 5 heteroatoms. The minimum Gasteiger partial charge on any atom is -0.625 e. The van der Waals surface area contributed by atoms with Crippen LogP contribution >= 0.6 is 0 Å². The summed E-state index contributed by atoms with van der Waals surface area (Å²) in [6, 6.07) is 51.4. The van der Waals surface area contributed by atoms with Crippen LogP contribution in [-0.2, 0) is 3.48 Å². The fourth-order valence-corrected chi connectivity index (χ4v) is 11.9. The van der Waals surface area contributed by atoms with Crippen LogP contribution in [0.1, 0.15) is 5.69 Å². The van der Waals surface area contributed by atoms with Crippen molar-refractivity contribution < 1.29 is 7.27 Å². The van der Waals surface area contributed by atoms with E-state index in [9.17, 15) is 0 Å². The van der Waals surface area contributed by atoms with E-state index in [-0.39, 0.29) is 0 Å². The van der Waals surface area contributed by atoms with Gasteiger partial charge >= 0.3 is 15.9 Å². The van der Waals surface area contributed by atoms with Crippen LogP contribution in [0.25, 0.3) is 32.4 Å². The Morgan fingerprint density at radius 2 is 1.10 bits per heavy atom. The summed E-state index contributed by atoms with van der Waals surface area (Å²) in [5.74, 6) is 0.757. The highest BCUT2D eigenvalue weighted by molar-refractivity contribution is 7.10. The van der Waals surface area contributed by atoms with Crippen molar-refractivity contribution in [1.29, 1.82) is 0 Å². The Kier molecular flexibility index (Phi) is 6.88. The molecule has 7 rings (SSSR count). The molecule has 1 aromatic heterocycles. The molecule has 0 atom stereocenters. The number of aryl methyl sites for hydroxylation is 1. The van der Waals surface area contributed by atoms with Crippen molar-refractivity contribution in [2.45, 2.75) is 6.92 Å². The molecule has 0 aliphatic carbocycles. The third kappa shape index (κ3) is 4.64. The summed E-state index contributed by atoms with van der Waals surface area (Å²) in [7, 11) is -3.09. The molecule has 6 aromatic carbocycles. The molecule has 3 nitrogen and oxygen atoms in total. The average Bonchev–Trinajstić information content (AvgIpc) is 3.03. The van der Waals surface area contributed by atoms with E-state index in [1.807, 2.05) is 25.1 Å². The molecule has 0 aliphatic rings. The molecule has 0 fully saturated rings. The molecule has 1 radical (unpaired) electrons. The van der Waals surface area contributed by atoms with E-state index in [0.29, 0.717) is 0 Å². The van der Waals surface area contributed by atoms with Gasteiger partial charge in [0.05, 0.1) is 0 Å². The lowest BCUT2D eigenvalue weighted by Crippen LogP contribution is -2.70. The highest BCUT2D eigenvalue weighted by Gasteiger charge is 2.44. The van der Waals surface area contributed by atoms with Crippen LogP contribution in [0.15, 0.2) is 146 Å². The lowest BCUT2D eigenvalue weighted by atomic mass is 10.1. The van der Waals surface area contributed by atoms with Crippen LogP contribution in [0.4, 0.5) is 0 Å². The smallest absolute Gasteiger partial charge is 0.625 e. The Morgan fingerprint density at radius 1 is 0.537 bits per heavy atom. The third-order valence-corrected chi connectivity index (χ3v) is 13.4. The molecule has 41 heavy (non-hydrogen) atoms. The van der Waals surface area contributed by atoms with Crippen molar-refractivity contribution in [3.8, 4) is 5.75 Å². The number of hydrogen-bond donors (Lipinski definition) is 0. The highest BCUT2D eigenvalue weighted by Crippen LogP contribution is 2.25. The summed E-state index contributed by atoms with van der Waals surface area (Å²) in [6.45, 7) is 2.01. The lowest BCUT2D eigenvalue weighted by molar-refractivity contribution is 0.469.